The van der Waals surface area contributed by atoms with E-state index in [2.05, 4.69) is 0 Å². The van der Waals surface area contributed by atoms with Gasteiger partial charge in [-0.15, -0.1) is 0 Å². The van der Waals surface area contributed by atoms with Gasteiger partial charge in [0.25, 0.3) is 0 Å². The normalized spacial score (nSPS) is 14.2. The number of rotatable bonds is 1. The van der Waals surface area contributed by atoms with Crippen LogP contribution in [-0.2, 0) is 19.8 Å². The highest BCUT2D eigenvalue weighted by Crippen LogP contribution is 2.26. The lowest BCUT2D eigenvalue weighted by molar-refractivity contribution is 0.145. The summed E-state index contributed by atoms with van der Waals surface area (Å²) in [5, 5.41) is 8.78. The number of halogens is 1. The molecule has 4 heteroatoms. The second kappa shape index (κ2) is 3.29. The van der Waals surface area contributed by atoms with Crippen molar-refractivity contribution in [2.24, 2.45) is 0 Å². The number of carboxylic acid groups (broad SMARTS) is 1. The summed E-state index contributed by atoms with van der Waals surface area (Å²) in [4.78, 5) is 12.0. The van der Waals surface area contributed by atoms with Crippen LogP contribution in [0.3, 0.4) is 0 Å². The molecule has 1 aromatic carbocycles. The molecule has 1 amide bonds. The smallest absolute Gasteiger partial charge is 0.407 e. The van der Waals surface area contributed by atoms with E-state index in [1.54, 1.807) is 12.1 Å². The van der Waals surface area contributed by atoms with Crippen LogP contribution >= 0.6 is 0 Å². The van der Waals surface area contributed by atoms with Crippen LogP contribution in [-0.4, -0.2) is 16.1 Å². The van der Waals surface area contributed by atoms with Crippen molar-refractivity contribution < 1.29 is 14.3 Å². The van der Waals surface area contributed by atoms with Crippen molar-refractivity contribution in [3.8, 4) is 0 Å². The second-order valence-corrected chi connectivity index (χ2v) is 3.33. The van der Waals surface area contributed by atoms with Gasteiger partial charge in [0.15, 0.2) is 0 Å². The number of fused-ring (bicyclic) bond motifs is 1. The first-order chi connectivity index (χ1) is 6.72. The monoisotopic (exact) mass is 195 g/mol. The lowest BCUT2D eigenvalue weighted by Crippen LogP contribution is -2.22. The summed E-state index contributed by atoms with van der Waals surface area (Å²) >= 11 is 0. The maximum absolute atomic E-state index is 12.5. The molecule has 0 radical (unpaired) electrons. The summed E-state index contributed by atoms with van der Waals surface area (Å²) in [6, 6.07) is 5.31. The molecule has 1 heterocycles. The molecule has 2 rings (SSSR count). The largest absolute Gasteiger partial charge is 0.465 e. The van der Waals surface area contributed by atoms with Gasteiger partial charge in [-0.25, -0.2) is 9.18 Å². The zero-order chi connectivity index (χ0) is 10.1. The summed E-state index contributed by atoms with van der Waals surface area (Å²) in [7, 11) is 0. The molecule has 0 fully saturated rings. The van der Waals surface area contributed by atoms with Gasteiger partial charge in [0.05, 0.1) is 6.54 Å². The van der Waals surface area contributed by atoms with Crippen LogP contribution in [0.1, 0.15) is 16.7 Å². The third-order valence-electron chi connectivity index (χ3n) is 2.49. The zero-order valence-electron chi connectivity index (χ0n) is 7.53. The number of benzene rings is 1. The molecule has 0 aromatic heterocycles. The van der Waals surface area contributed by atoms with E-state index in [1.165, 1.54) is 4.90 Å². The van der Waals surface area contributed by atoms with Crippen LogP contribution in [0.2, 0.25) is 0 Å². The summed E-state index contributed by atoms with van der Waals surface area (Å²) in [6.45, 7) is 0.153. The minimum absolute atomic E-state index is 0.310. The molecule has 0 saturated carbocycles. The van der Waals surface area contributed by atoms with E-state index in [4.69, 9.17) is 5.11 Å². The first-order valence-corrected chi connectivity index (χ1v) is 4.36. The van der Waals surface area contributed by atoms with Gasteiger partial charge in [-0.3, -0.25) is 4.90 Å². The van der Waals surface area contributed by atoms with Crippen LogP contribution < -0.4 is 0 Å². The molecular formula is C10H10FNO2. The number of carbonyl (C=O) groups is 1. The maximum Gasteiger partial charge on any atom is 0.407 e. The lowest BCUT2D eigenvalue weighted by Gasteiger charge is -2.09. The van der Waals surface area contributed by atoms with Crippen LogP contribution in [0.25, 0.3) is 0 Å². The molecule has 0 unspecified atom stereocenters. The Bertz CT molecular complexity index is 378. The number of hydrogen-bond donors (Lipinski definition) is 1. The molecule has 1 aliphatic rings. The van der Waals surface area contributed by atoms with Crippen molar-refractivity contribution >= 4 is 6.09 Å². The molecule has 0 atom stereocenters. The van der Waals surface area contributed by atoms with Gasteiger partial charge in [0.2, 0.25) is 0 Å². The van der Waals surface area contributed by atoms with Gasteiger partial charge >= 0.3 is 6.09 Å². The van der Waals surface area contributed by atoms with Crippen LogP contribution in [0.15, 0.2) is 18.2 Å². The number of amides is 1. The fourth-order valence-electron chi connectivity index (χ4n) is 1.75. The quantitative estimate of drug-likeness (QED) is 0.745. The van der Waals surface area contributed by atoms with E-state index < -0.39 is 12.8 Å². The average molecular weight is 195 g/mol. The van der Waals surface area contributed by atoms with Crippen molar-refractivity contribution in [1.82, 2.24) is 4.90 Å². The molecule has 3 nitrogen and oxygen atoms in total. The van der Waals surface area contributed by atoms with E-state index in [-0.39, 0.29) is 0 Å². The van der Waals surface area contributed by atoms with Gasteiger partial charge in [0, 0.05) is 6.54 Å². The van der Waals surface area contributed by atoms with Crippen molar-refractivity contribution in [3.05, 3.63) is 34.9 Å². The highest BCUT2D eigenvalue weighted by atomic mass is 19.1. The molecule has 0 saturated heterocycles. The standard InChI is InChI=1S/C10H10FNO2/c11-4-7-2-1-3-8-5-12(10(13)14)6-9(7)8/h1-3H,4-6H2,(H,13,14). The van der Waals surface area contributed by atoms with Crippen LogP contribution in [0, 0.1) is 0 Å². The minimum atomic E-state index is -0.953. The SMILES string of the molecule is O=C(O)N1Cc2cccc(CF)c2C1. The van der Waals surface area contributed by atoms with Crippen molar-refractivity contribution in [2.75, 3.05) is 0 Å². The fraction of sp³-hybridized carbons (Fsp3) is 0.300. The van der Waals surface area contributed by atoms with Crippen molar-refractivity contribution in [1.29, 1.82) is 0 Å². The first-order valence-electron chi connectivity index (χ1n) is 4.36. The summed E-state index contributed by atoms with van der Waals surface area (Å²) in [5.41, 5.74) is 2.35. The van der Waals surface area contributed by atoms with Gasteiger partial charge in [-0.1, -0.05) is 18.2 Å². The Kier molecular flexibility index (Phi) is 2.11. The number of nitrogens with zero attached hydrogens (tertiary/aromatic N) is 1. The molecule has 14 heavy (non-hydrogen) atoms. The third kappa shape index (κ3) is 1.32. The van der Waals surface area contributed by atoms with Crippen molar-refractivity contribution in [3.63, 3.8) is 0 Å². The summed E-state index contributed by atoms with van der Waals surface area (Å²) < 4.78 is 12.5. The first kappa shape index (κ1) is 8.99. The van der Waals surface area contributed by atoms with E-state index in [1.807, 2.05) is 6.07 Å². The third-order valence-corrected chi connectivity index (χ3v) is 2.49. The average Bonchev–Trinajstić information content (AvgIpc) is 2.60. The Morgan fingerprint density at radius 1 is 1.50 bits per heavy atom. The summed E-state index contributed by atoms with van der Waals surface area (Å²) in [6.07, 6.45) is -0.953. The zero-order valence-corrected chi connectivity index (χ0v) is 7.53. The van der Waals surface area contributed by atoms with E-state index in [0.717, 1.165) is 11.1 Å². The van der Waals surface area contributed by atoms with E-state index in [9.17, 15) is 9.18 Å². The molecule has 0 spiro atoms. The Balaban J connectivity index is 2.34. The Morgan fingerprint density at radius 2 is 2.29 bits per heavy atom. The topological polar surface area (TPSA) is 40.5 Å². The second-order valence-electron chi connectivity index (χ2n) is 3.33. The Labute approximate surface area is 80.8 Å². The fourth-order valence-corrected chi connectivity index (χ4v) is 1.75. The van der Waals surface area contributed by atoms with Crippen LogP contribution in [0.5, 0.6) is 0 Å². The van der Waals surface area contributed by atoms with Gasteiger partial charge in [-0.05, 0) is 16.7 Å². The predicted molar refractivity (Wildman–Crippen MR) is 48.5 cm³/mol. The van der Waals surface area contributed by atoms with Crippen LogP contribution in [0.4, 0.5) is 9.18 Å². The maximum atomic E-state index is 12.5. The molecule has 0 bridgehead atoms. The predicted octanol–water partition coefficient (Wildman–Crippen LogP) is 2.15. The Morgan fingerprint density at radius 3 is 2.93 bits per heavy atom. The van der Waals surface area contributed by atoms with Gasteiger partial charge < -0.3 is 5.11 Å². The molecule has 0 aliphatic carbocycles. The lowest BCUT2D eigenvalue weighted by atomic mass is 10.0. The number of alkyl halides is 1. The molecule has 1 N–H and O–H groups in total. The molecule has 74 valence electrons. The highest BCUT2D eigenvalue weighted by molar-refractivity contribution is 5.66. The van der Waals surface area contributed by atoms with Gasteiger partial charge in [-0.2, -0.15) is 0 Å². The van der Waals surface area contributed by atoms with Gasteiger partial charge in [0.1, 0.15) is 6.67 Å². The van der Waals surface area contributed by atoms with E-state index in [0.29, 0.717) is 18.7 Å². The molecular weight excluding hydrogens is 185 g/mol. The van der Waals surface area contributed by atoms with Crippen molar-refractivity contribution in [2.45, 2.75) is 19.8 Å². The highest BCUT2D eigenvalue weighted by Gasteiger charge is 2.24. The summed E-state index contributed by atoms with van der Waals surface area (Å²) in [5.74, 6) is 0. The molecule has 1 aliphatic heterocycles. The molecule has 1 aromatic rings. The van der Waals surface area contributed by atoms with E-state index >= 15 is 0 Å². The Hall–Kier alpha value is -1.58. The minimum Gasteiger partial charge on any atom is -0.465 e. The number of hydrogen-bond acceptors (Lipinski definition) is 1.